The fourth-order valence-corrected chi connectivity index (χ4v) is 1.59. The second kappa shape index (κ2) is 6.59. The molecule has 0 aliphatic rings. The molecule has 0 spiro atoms. The molecule has 0 saturated carbocycles. The number of hydrogen-bond donors (Lipinski definition) is 1. The Bertz CT molecular complexity index is 422. The van der Waals surface area contributed by atoms with Gasteiger partial charge in [0, 0.05) is 6.61 Å². The summed E-state index contributed by atoms with van der Waals surface area (Å²) in [7, 11) is 0. The van der Waals surface area contributed by atoms with Crippen molar-refractivity contribution < 1.29 is 23.0 Å². The molecular formula is C15H21F3O2. The van der Waals surface area contributed by atoms with Crippen LogP contribution in [0.4, 0.5) is 13.2 Å². The lowest BCUT2D eigenvalue weighted by molar-refractivity contribution is -0.137. The summed E-state index contributed by atoms with van der Waals surface area (Å²) in [5.41, 5.74) is -0.416. The Hall–Kier alpha value is -1.07. The first kappa shape index (κ1) is 17.0. The highest BCUT2D eigenvalue weighted by Gasteiger charge is 2.30. The molecule has 5 heteroatoms. The standard InChI is InChI=1S/C15H21F3O2/c1-14(2,3)7-8-20-10-13(19)11-5-4-6-12(9-11)15(16,17)18/h4-6,9,13,19H,7-8,10H2,1-3H3. The summed E-state index contributed by atoms with van der Waals surface area (Å²) in [5.74, 6) is 0. The number of alkyl halides is 3. The smallest absolute Gasteiger partial charge is 0.386 e. The molecule has 1 unspecified atom stereocenters. The minimum absolute atomic E-state index is 0.00259. The van der Waals surface area contributed by atoms with Crippen molar-refractivity contribution in [2.24, 2.45) is 5.41 Å². The van der Waals surface area contributed by atoms with Gasteiger partial charge in [0.15, 0.2) is 0 Å². The topological polar surface area (TPSA) is 29.5 Å². The van der Waals surface area contributed by atoms with Gasteiger partial charge in [0.25, 0.3) is 0 Å². The van der Waals surface area contributed by atoms with E-state index in [1.165, 1.54) is 12.1 Å². The van der Waals surface area contributed by atoms with Crippen LogP contribution in [-0.4, -0.2) is 18.3 Å². The number of aliphatic hydroxyl groups is 1. The lowest BCUT2D eigenvalue weighted by Gasteiger charge is -2.19. The summed E-state index contributed by atoms with van der Waals surface area (Å²) in [6.07, 6.45) is -4.62. The minimum atomic E-state index is -4.40. The second-order valence-electron chi connectivity index (χ2n) is 6.02. The van der Waals surface area contributed by atoms with Crippen LogP contribution in [0.3, 0.4) is 0 Å². The molecule has 1 N–H and O–H groups in total. The third-order valence-corrected chi connectivity index (χ3v) is 2.87. The summed E-state index contributed by atoms with van der Waals surface area (Å²) in [6.45, 7) is 6.68. The molecular weight excluding hydrogens is 269 g/mol. The largest absolute Gasteiger partial charge is 0.416 e. The van der Waals surface area contributed by atoms with Gasteiger partial charge in [-0.05, 0) is 29.5 Å². The lowest BCUT2D eigenvalue weighted by Crippen LogP contribution is -2.14. The maximum atomic E-state index is 12.6. The van der Waals surface area contributed by atoms with Gasteiger partial charge < -0.3 is 9.84 Å². The predicted molar refractivity (Wildman–Crippen MR) is 71.3 cm³/mol. The summed E-state index contributed by atoms with van der Waals surface area (Å²) < 4.78 is 43.0. The zero-order valence-corrected chi connectivity index (χ0v) is 12.0. The average Bonchev–Trinajstić information content (AvgIpc) is 2.32. The van der Waals surface area contributed by atoms with E-state index in [1.54, 1.807) is 0 Å². The molecule has 0 heterocycles. The number of aliphatic hydroxyl groups excluding tert-OH is 1. The molecule has 1 rings (SSSR count). The first-order valence-electron chi connectivity index (χ1n) is 6.52. The van der Waals surface area contributed by atoms with Crippen LogP contribution in [0, 0.1) is 5.41 Å². The van der Waals surface area contributed by atoms with Crippen molar-refractivity contribution in [1.82, 2.24) is 0 Å². The molecule has 1 aromatic rings. The fraction of sp³-hybridized carbons (Fsp3) is 0.600. The monoisotopic (exact) mass is 290 g/mol. The van der Waals surface area contributed by atoms with Crippen LogP contribution >= 0.6 is 0 Å². The van der Waals surface area contributed by atoms with Gasteiger partial charge in [0.05, 0.1) is 12.2 Å². The van der Waals surface area contributed by atoms with Gasteiger partial charge in [-0.25, -0.2) is 0 Å². The van der Waals surface area contributed by atoms with E-state index in [4.69, 9.17) is 4.74 Å². The van der Waals surface area contributed by atoms with Gasteiger partial charge in [-0.2, -0.15) is 13.2 Å². The third kappa shape index (κ3) is 5.92. The SMILES string of the molecule is CC(C)(C)CCOCC(O)c1cccc(C(F)(F)F)c1. The average molecular weight is 290 g/mol. The summed E-state index contributed by atoms with van der Waals surface area (Å²) in [4.78, 5) is 0. The van der Waals surface area contributed by atoms with Gasteiger partial charge in [0.1, 0.15) is 6.10 Å². The zero-order chi connectivity index (χ0) is 15.4. The van der Waals surface area contributed by atoms with Gasteiger partial charge in [-0.15, -0.1) is 0 Å². The fourth-order valence-electron chi connectivity index (χ4n) is 1.59. The molecule has 0 aliphatic carbocycles. The molecule has 1 atom stereocenters. The van der Waals surface area contributed by atoms with Crippen LogP contribution in [-0.2, 0) is 10.9 Å². The number of halogens is 3. The highest BCUT2D eigenvalue weighted by molar-refractivity contribution is 5.27. The van der Waals surface area contributed by atoms with Gasteiger partial charge in [0.2, 0.25) is 0 Å². The Morgan fingerprint density at radius 2 is 1.85 bits per heavy atom. The minimum Gasteiger partial charge on any atom is -0.386 e. The number of hydrogen-bond acceptors (Lipinski definition) is 2. The van der Waals surface area contributed by atoms with E-state index in [9.17, 15) is 18.3 Å². The lowest BCUT2D eigenvalue weighted by atomic mass is 9.93. The Balaban J connectivity index is 2.54. The Morgan fingerprint density at radius 3 is 2.40 bits per heavy atom. The second-order valence-corrected chi connectivity index (χ2v) is 6.02. The van der Waals surface area contributed by atoms with Gasteiger partial charge in [-0.3, -0.25) is 0 Å². The van der Waals surface area contributed by atoms with E-state index in [0.717, 1.165) is 18.6 Å². The van der Waals surface area contributed by atoms with Crippen molar-refractivity contribution in [3.63, 3.8) is 0 Å². The molecule has 0 bridgehead atoms. The molecule has 114 valence electrons. The number of benzene rings is 1. The van der Waals surface area contributed by atoms with E-state index in [2.05, 4.69) is 20.8 Å². The number of rotatable bonds is 5. The van der Waals surface area contributed by atoms with E-state index in [1.807, 2.05) is 0 Å². The first-order valence-corrected chi connectivity index (χ1v) is 6.52. The maximum absolute atomic E-state index is 12.6. The van der Waals surface area contributed by atoms with Crippen LogP contribution in [0.2, 0.25) is 0 Å². The third-order valence-electron chi connectivity index (χ3n) is 2.87. The van der Waals surface area contributed by atoms with Crippen LogP contribution in [0.25, 0.3) is 0 Å². The molecule has 1 aromatic carbocycles. The maximum Gasteiger partial charge on any atom is 0.416 e. The van der Waals surface area contributed by atoms with E-state index in [0.29, 0.717) is 6.61 Å². The van der Waals surface area contributed by atoms with Crippen molar-refractivity contribution in [3.8, 4) is 0 Å². The van der Waals surface area contributed by atoms with Crippen LogP contribution in [0.15, 0.2) is 24.3 Å². The van der Waals surface area contributed by atoms with Gasteiger partial charge in [-0.1, -0.05) is 32.9 Å². The van der Waals surface area contributed by atoms with Crippen LogP contribution < -0.4 is 0 Å². The quantitative estimate of drug-likeness (QED) is 0.824. The molecule has 0 fully saturated rings. The normalized spacial score (nSPS) is 14.3. The molecule has 20 heavy (non-hydrogen) atoms. The van der Waals surface area contributed by atoms with E-state index < -0.39 is 17.8 Å². The molecule has 2 nitrogen and oxygen atoms in total. The number of ether oxygens (including phenoxy) is 1. The van der Waals surface area contributed by atoms with Gasteiger partial charge >= 0.3 is 6.18 Å². The van der Waals surface area contributed by atoms with Crippen molar-refractivity contribution in [2.45, 2.75) is 39.5 Å². The Morgan fingerprint density at radius 1 is 1.20 bits per heavy atom. The molecule has 0 amide bonds. The Kier molecular flexibility index (Phi) is 5.59. The molecule has 0 saturated heterocycles. The highest BCUT2D eigenvalue weighted by Crippen LogP contribution is 2.30. The van der Waals surface area contributed by atoms with Crippen molar-refractivity contribution in [1.29, 1.82) is 0 Å². The molecule has 0 aliphatic heterocycles. The predicted octanol–water partition coefficient (Wildman–Crippen LogP) is 4.19. The molecule has 0 radical (unpaired) electrons. The first-order chi connectivity index (χ1) is 9.09. The Labute approximate surface area is 117 Å². The summed E-state index contributed by atoms with van der Waals surface area (Å²) in [5, 5.41) is 9.85. The van der Waals surface area contributed by atoms with Crippen molar-refractivity contribution in [2.75, 3.05) is 13.2 Å². The van der Waals surface area contributed by atoms with Crippen LogP contribution in [0.1, 0.15) is 44.4 Å². The van der Waals surface area contributed by atoms with Crippen molar-refractivity contribution >= 4 is 0 Å². The van der Waals surface area contributed by atoms with E-state index in [-0.39, 0.29) is 17.6 Å². The van der Waals surface area contributed by atoms with E-state index >= 15 is 0 Å². The van der Waals surface area contributed by atoms with Crippen LogP contribution in [0.5, 0.6) is 0 Å². The van der Waals surface area contributed by atoms with Crippen molar-refractivity contribution in [3.05, 3.63) is 35.4 Å². The highest BCUT2D eigenvalue weighted by atomic mass is 19.4. The summed E-state index contributed by atoms with van der Waals surface area (Å²) in [6, 6.07) is 4.69. The molecule has 0 aromatic heterocycles. The summed E-state index contributed by atoms with van der Waals surface area (Å²) >= 11 is 0. The zero-order valence-electron chi connectivity index (χ0n) is 12.0.